The fourth-order valence-electron chi connectivity index (χ4n) is 3.76. The highest BCUT2D eigenvalue weighted by Crippen LogP contribution is 2.33. The first kappa shape index (κ1) is 25.7. The molecule has 180 valence electrons. The normalized spacial score (nSPS) is 11.8. The predicted molar refractivity (Wildman–Crippen MR) is 136 cm³/mol. The molecule has 0 aliphatic heterocycles. The molecule has 0 heterocycles. The van der Waals surface area contributed by atoms with Crippen LogP contribution < -0.4 is 10.1 Å². The second-order valence-electron chi connectivity index (χ2n) is 8.10. The Morgan fingerprint density at radius 3 is 2.50 bits per heavy atom. The van der Waals surface area contributed by atoms with Crippen LogP contribution in [0.2, 0.25) is 0 Å². The van der Waals surface area contributed by atoms with Crippen molar-refractivity contribution >= 4 is 38.5 Å². The van der Waals surface area contributed by atoms with Crippen LogP contribution in [0.25, 0.3) is 10.8 Å². The van der Waals surface area contributed by atoms with Crippen LogP contribution in [0.3, 0.4) is 0 Å². The lowest BCUT2D eigenvalue weighted by molar-refractivity contribution is -0.143. The molecule has 0 radical (unpaired) electrons. The van der Waals surface area contributed by atoms with E-state index in [9.17, 15) is 14.0 Å². The van der Waals surface area contributed by atoms with Crippen molar-refractivity contribution in [3.63, 3.8) is 0 Å². The molecule has 0 aliphatic rings. The van der Waals surface area contributed by atoms with Crippen molar-refractivity contribution in [3.8, 4) is 5.75 Å². The summed E-state index contributed by atoms with van der Waals surface area (Å²) in [5.74, 6) is -0.315. The molecule has 0 aromatic heterocycles. The first-order valence-electron chi connectivity index (χ1n) is 11.6. The largest absolute Gasteiger partial charge is 0.483 e. The third-order valence-corrected chi connectivity index (χ3v) is 6.48. The summed E-state index contributed by atoms with van der Waals surface area (Å²) in [4.78, 5) is 27.7. The van der Waals surface area contributed by atoms with Gasteiger partial charge in [-0.25, -0.2) is 4.39 Å². The fourth-order valence-corrected chi connectivity index (χ4v) is 4.37. The zero-order valence-corrected chi connectivity index (χ0v) is 21.1. The van der Waals surface area contributed by atoms with Crippen LogP contribution in [0.4, 0.5) is 4.39 Å². The van der Waals surface area contributed by atoms with E-state index in [0.29, 0.717) is 18.7 Å². The summed E-state index contributed by atoms with van der Waals surface area (Å²) in [6.45, 7) is 4.44. The summed E-state index contributed by atoms with van der Waals surface area (Å²) in [7, 11) is 0. The first-order valence-corrected chi connectivity index (χ1v) is 12.4. The van der Waals surface area contributed by atoms with Gasteiger partial charge >= 0.3 is 0 Å². The van der Waals surface area contributed by atoms with Gasteiger partial charge in [-0.05, 0) is 63.3 Å². The van der Waals surface area contributed by atoms with Gasteiger partial charge in [-0.15, -0.1) is 0 Å². The quantitative estimate of drug-likeness (QED) is 0.318. The number of nitrogens with one attached hydrogen (secondary N) is 1. The molecule has 1 unspecified atom stereocenters. The minimum Gasteiger partial charge on any atom is -0.483 e. The van der Waals surface area contributed by atoms with Gasteiger partial charge < -0.3 is 15.0 Å². The molecule has 0 saturated carbocycles. The Morgan fingerprint density at radius 1 is 1.06 bits per heavy atom. The van der Waals surface area contributed by atoms with E-state index in [0.717, 1.165) is 33.7 Å². The van der Waals surface area contributed by atoms with E-state index in [1.54, 1.807) is 12.1 Å². The second kappa shape index (κ2) is 12.5. The van der Waals surface area contributed by atoms with Gasteiger partial charge in [0.2, 0.25) is 5.91 Å². The van der Waals surface area contributed by atoms with E-state index in [1.165, 1.54) is 17.0 Å². The molecule has 0 saturated heterocycles. The fraction of sp³-hybridized carbons (Fsp3) is 0.333. The van der Waals surface area contributed by atoms with E-state index in [2.05, 4.69) is 28.2 Å². The molecular formula is C27H30BrFN2O3. The molecule has 0 bridgehead atoms. The van der Waals surface area contributed by atoms with E-state index in [4.69, 9.17) is 4.74 Å². The summed E-state index contributed by atoms with van der Waals surface area (Å²) in [5, 5.41) is 4.97. The molecule has 5 nitrogen and oxygen atoms in total. The van der Waals surface area contributed by atoms with Gasteiger partial charge in [0, 0.05) is 13.1 Å². The number of fused-ring (bicyclic) bond motifs is 1. The summed E-state index contributed by atoms with van der Waals surface area (Å²) in [6.07, 6.45) is 2.28. The molecule has 1 N–H and O–H groups in total. The Hall–Kier alpha value is -2.93. The number of carbonyl (C=O) groups excluding carboxylic acids is 2. The van der Waals surface area contributed by atoms with Crippen LogP contribution in [0.5, 0.6) is 5.75 Å². The molecule has 3 aromatic carbocycles. The number of nitrogens with zero attached hydrogens (tertiary/aromatic N) is 1. The number of hydrogen-bond donors (Lipinski definition) is 1. The molecular weight excluding hydrogens is 499 g/mol. The Balaban J connectivity index is 1.79. The highest BCUT2D eigenvalue weighted by molar-refractivity contribution is 9.10. The zero-order chi connectivity index (χ0) is 24.5. The highest BCUT2D eigenvalue weighted by atomic mass is 79.9. The molecule has 3 aromatic rings. The average Bonchev–Trinajstić information content (AvgIpc) is 2.85. The molecule has 1 atom stereocenters. The number of benzene rings is 3. The maximum atomic E-state index is 13.4. The average molecular weight is 529 g/mol. The molecule has 0 spiro atoms. The van der Waals surface area contributed by atoms with Gasteiger partial charge in [0.1, 0.15) is 17.6 Å². The topological polar surface area (TPSA) is 58.6 Å². The molecule has 3 rings (SSSR count). The zero-order valence-electron chi connectivity index (χ0n) is 19.5. The maximum absolute atomic E-state index is 13.4. The lowest BCUT2D eigenvalue weighted by Crippen LogP contribution is -2.50. The third kappa shape index (κ3) is 6.56. The number of amides is 2. The molecule has 34 heavy (non-hydrogen) atoms. The molecule has 0 fully saturated rings. The lowest BCUT2D eigenvalue weighted by Gasteiger charge is -2.30. The van der Waals surface area contributed by atoms with E-state index in [1.807, 2.05) is 43.3 Å². The summed E-state index contributed by atoms with van der Waals surface area (Å²) >= 11 is 3.58. The maximum Gasteiger partial charge on any atom is 0.261 e. The Labute approximate surface area is 208 Å². The van der Waals surface area contributed by atoms with Crippen molar-refractivity contribution < 1.29 is 18.7 Å². The minimum atomic E-state index is -0.655. The Bertz CT molecular complexity index is 1120. The van der Waals surface area contributed by atoms with Crippen molar-refractivity contribution in [1.29, 1.82) is 0 Å². The molecule has 2 amide bonds. The number of hydrogen-bond acceptors (Lipinski definition) is 3. The smallest absolute Gasteiger partial charge is 0.261 e. The lowest BCUT2D eigenvalue weighted by atomic mass is 10.1. The number of rotatable bonds is 11. The predicted octanol–water partition coefficient (Wildman–Crippen LogP) is 5.84. The number of unbranched alkanes of at least 4 members (excludes halogenated alkanes) is 1. The van der Waals surface area contributed by atoms with Gasteiger partial charge in [0.25, 0.3) is 5.91 Å². The monoisotopic (exact) mass is 528 g/mol. The van der Waals surface area contributed by atoms with Crippen LogP contribution in [0, 0.1) is 5.82 Å². The van der Waals surface area contributed by atoms with Crippen molar-refractivity contribution in [2.75, 3.05) is 13.2 Å². The van der Waals surface area contributed by atoms with E-state index >= 15 is 0 Å². The standard InChI is InChI=1S/C27H30BrFN2O3/c1-3-5-16-30-27(33)23(4-2)31(17-19-10-13-21(29)14-11-19)25(32)18-34-24-15-12-20-8-6-7-9-22(20)26(24)28/h6-15,23H,3-5,16-18H2,1-2H3,(H,30,33). The Morgan fingerprint density at radius 2 is 1.79 bits per heavy atom. The van der Waals surface area contributed by atoms with Crippen LogP contribution in [0.15, 0.2) is 65.1 Å². The van der Waals surface area contributed by atoms with Crippen LogP contribution >= 0.6 is 15.9 Å². The molecule has 7 heteroatoms. The summed E-state index contributed by atoms with van der Waals surface area (Å²) in [6, 6.07) is 16.9. The van der Waals surface area contributed by atoms with Crippen molar-refractivity contribution in [3.05, 3.63) is 76.5 Å². The number of ether oxygens (including phenoxy) is 1. The van der Waals surface area contributed by atoms with E-state index in [-0.39, 0.29) is 30.8 Å². The highest BCUT2D eigenvalue weighted by Gasteiger charge is 2.29. The van der Waals surface area contributed by atoms with Gasteiger partial charge in [0.15, 0.2) is 6.61 Å². The van der Waals surface area contributed by atoms with Crippen molar-refractivity contribution in [2.24, 2.45) is 0 Å². The third-order valence-electron chi connectivity index (χ3n) is 5.66. The first-order chi connectivity index (χ1) is 16.4. The number of carbonyl (C=O) groups is 2. The van der Waals surface area contributed by atoms with Gasteiger partial charge in [-0.2, -0.15) is 0 Å². The van der Waals surface area contributed by atoms with Crippen molar-refractivity contribution in [1.82, 2.24) is 10.2 Å². The van der Waals surface area contributed by atoms with Crippen LogP contribution in [-0.2, 0) is 16.1 Å². The van der Waals surface area contributed by atoms with E-state index < -0.39 is 6.04 Å². The van der Waals surface area contributed by atoms with Gasteiger partial charge in [-0.3, -0.25) is 9.59 Å². The van der Waals surface area contributed by atoms with Gasteiger partial charge in [0.05, 0.1) is 4.47 Å². The summed E-state index contributed by atoms with van der Waals surface area (Å²) in [5.41, 5.74) is 0.737. The number of halogens is 2. The second-order valence-corrected chi connectivity index (χ2v) is 8.90. The summed E-state index contributed by atoms with van der Waals surface area (Å²) < 4.78 is 20.1. The van der Waals surface area contributed by atoms with Crippen LogP contribution in [0.1, 0.15) is 38.7 Å². The van der Waals surface area contributed by atoms with Crippen LogP contribution in [-0.4, -0.2) is 35.9 Å². The van der Waals surface area contributed by atoms with Gasteiger partial charge in [-0.1, -0.05) is 62.7 Å². The SMILES string of the molecule is CCCCNC(=O)C(CC)N(Cc1ccc(F)cc1)C(=O)COc1ccc2ccccc2c1Br. The Kier molecular flexibility index (Phi) is 9.45. The molecule has 0 aliphatic carbocycles. The minimum absolute atomic E-state index is 0.182. The van der Waals surface area contributed by atoms with Crippen molar-refractivity contribution in [2.45, 2.75) is 45.7 Å².